The molecule has 0 saturated carbocycles. The summed E-state index contributed by atoms with van der Waals surface area (Å²) in [5, 5.41) is 2.86. The number of anilines is 1. The lowest BCUT2D eigenvalue weighted by molar-refractivity contribution is 0.103. The van der Waals surface area contributed by atoms with Crippen molar-refractivity contribution in [3.63, 3.8) is 0 Å². The number of hydrogen-bond acceptors (Lipinski definition) is 5. The number of amides is 1. The smallest absolute Gasteiger partial charge is 0.265 e. The molecule has 2 aliphatic rings. The van der Waals surface area contributed by atoms with Gasteiger partial charge in [-0.15, -0.1) is 11.3 Å². The number of nitrogens with zero attached hydrogens (tertiary/aromatic N) is 1. The second-order valence-electron chi connectivity index (χ2n) is 9.38. The van der Waals surface area contributed by atoms with Crippen LogP contribution in [-0.4, -0.2) is 26.7 Å². The summed E-state index contributed by atoms with van der Waals surface area (Å²) in [6.07, 6.45) is 4.66. The monoisotopic (exact) mass is 459 g/mol. The molecule has 1 aliphatic heterocycles. The van der Waals surface area contributed by atoms with Gasteiger partial charge >= 0.3 is 0 Å². The first-order chi connectivity index (χ1) is 14.6. The minimum absolute atomic E-state index is 0.110. The Labute approximate surface area is 188 Å². The van der Waals surface area contributed by atoms with Crippen LogP contribution in [0.3, 0.4) is 0 Å². The van der Waals surface area contributed by atoms with E-state index in [0.717, 1.165) is 25.7 Å². The molecule has 0 unspecified atom stereocenters. The summed E-state index contributed by atoms with van der Waals surface area (Å²) >= 11 is 1.55. The van der Waals surface area contributed by atoms with Crippen molar-refractivity contribution in [2.75, 3.05) is 11.9 Å². The number of hydrogen-bond donors (Lipinski definition) is 2. The van der Waals surface area contributed by atoms with Crippen molar-refractivity contribution in [2.24, 2.45) is 16.3 Å². The van der Waals surface area contributed by atoms with E-state index in [1.54, 1.807) is 23.5 Å². The Morgan fingerprint density at radius 3 is 2.71 bits per heavy atom. The predicted octanol–water partition coefficient (Wildman–Crippen LogP) is 4.62. The van der Waals surface area contributed by atoms with Crippen molar-refractivity contribution in [2.45, 2.75) is 57.8 Å². The first-order valence-electron chi connectivity index (χ1n) is 10.7. The third kappa shape index (κ3) is 5.01. The molecule has 8 heteroatoms. The highest BCUT2D eigenvalue weighted by Gasteiger charge is 2.30. The number of carbonyl (C=O) groups is 1. The van der Waals surface area contributed by atoms with E-state index in [0.29, 0.717) is 35.3 Å². The Morgan fingerprint density at radius 2 is 2.00 bits per heavy atom. The number of rotatable bonds is 4. The minimum atomic E-state index is -3.72. The average molecular weight is 460 g/mol. The summed E-state index contributed by atoms with van der Waals surface area (Å²) < 4.78 is 27.8. The predicted molar refractivity (Wildman–Crippen MR) is 126 cm³/mol. The molecule has 0 saturated heterocycles. The number of thiophene rings is 1. The fraction of sp³-hybridized carbons (Fsp3) is 0.478. The molecule has 4 rings (SSSR count). The van der Waals surface area contributed by atoms with Gasteiger partial charge in [0.05, 0.1) is 9.77 Å². The SMILES string of the molecule is CC(C)(C)[C@@H]1CCc2sc(C(=O)Nc3cccc(S(=O)(=O)NC4=NCCC4)c3)cc2C1. The van der Waals surface area contributed by atoms with Gasteiger partial charge in [-0.3, -0.25) is 14.5 Å². The first kappa shape index (κ1) is 22.0. The van der Waals surface area contributed by atoms with Crippen LogP contribution >= 0.6 is 11.3 Å². The molecule has 1 amide bonds. The summed E-state index contributed by atoms with van der Waals surface area (Å²) in [6, 6.07) is 8.34. The van der Waals surface area contributed by atoms with E-state index in [2.05, 4.69) is 35.8 Å². The normalized spacial score (nSPS) is 18.9. The highest BCUT2D eigenvalue weighted by Crippen LogP contribution is 2.40. The maximum absolute atomic E-state index is 12.9. The Morgan fingerprint density at radius 1 is 1.19 bits per heavy atom. The number of carbonyl (C=O) groups excluding carboxylic acids is 1. The van der Waals surface area contributed by atoms with E-state index in [1.165, 1.54) is 22.6 Å². The van der Waals surface area contributed by atoms with E-state index >= 15 is 0 Å². The van der Waals surface area contributed by atoms with E-state index in [4.69, 9.17) is 0 Å². The zero-order valence-corrected chi connectivity index (χ0v) is 19.8. The minimum Gasteiger partial charge on any atom is -0.321 e. The van der Waals surface area contributed by atoms with Crippen LogP contribution in [0.4, 0.5) is 5.69 Å². The van der Waals surface area contributed by atoms with Gasteiger partial charge in [-0.05, 0) is 66.8 Å². The summed E-state index contributed by atoms with van der Waals surface area (Å²) in [5.41, 5.74) is 1.99. The average Bonchev–Trinajstić information content (AvgIpc) is 3.36. The highest BCUT2D eigenvalue weighted by atomic mass is 32.2. The topological polar surface area (TPSA) is 87.6 Å². The Hall–Kier alpha value is -2.19. The number of fused-ring (bicyclic) bond motifs is 1. The van der Waals surface area contributed by atoms with E-state index in [-0.39, 0.29) is 16.2 Å². The second kappa shape index (κ2) is 8.39. The molecule has 6 nitrogen and oxygen atoms in total. The van der Waals surface area contributed by atoms with Crippen LogP contribution in [0.2, 0.25) is 0 Å². The van der Waals surface area contributed by atoms with Crippen molar-refractivity contribution in [1.82, 2.24) is 4.72 Å². The van der Waals surface area contributed by atoms with Gasteiger partial charge in [0.2, 0.25) is 0 Å². The van der Waals surface area contributed by atoms with Gasteiger partial charge in [0.15, 0.2) is 0 Å². The van der Waals surface area contributed by atoms with Gasteiger partial charge in [0.25, 0.3) is 15.9 Å². The summed E-state index contributed by atoms with van der Waals surface area (Å²) in [5.74, 6) is 0.908. The molecule has 1 atom stereocenters. The van der Waals surface area contributed by atoms with Crippen LogP contribution in [0.1, 0.15) is 60.1 Å². The summed E-state index contributed by atoms with van der Waals surface area (Å²) in [4.78, 5) is 19.1. The number of sulfonamides is 1. The van der Waals surface area contributed by atoms with Gasteiger partial charge in [0.1, 0.15) is 5.84 Å². The van der Waals surface area contributed by atoms with E-state index in [1.807, 2.05) is 6.07 Å². The van der Waals surface area contributed by atoms with Crippen LogP contribution in [0.15, 0.2) is 40.2 Å². The molecule has 0 radical (unpaired) electrons. The molecule has 0 spiro atoms. The fourth-order valence-corrected chi connectivity index (χ4v) is 6.38. The van der Waals surface area contributed by atoms with Crippen LogP contribution < -0.4 is 10.0 Å². The lowest BCUT2D eigenvalue weighted by Gasteiger charge is -2.33. The molecule has 1 aromatic heterocycles. The van der Waals surface area contributed by atoms with Crippen LogP contribution in [0.5, 0.6) is 0 Å². The fourth-order valence-electron chi connectivity index (χ4n) is 4.15. The molecule has 1 aromatic carbocycles. The number of aryl methyl sites for hydroxylation is 1. The number of benzene rings is 1. The largest absolute Gasteiger partial charge is 0.321 e. The Bertz CT molecular complexity index is 1130. The lowest BCUT2D eigenvalue weighted by atomic mass is 9.72. The number of nitrogens with one attached hydrogen (secondary N) is 2. The lowest BCUT2D eigenvalue weighted by Crippen LogP contribution is -2.29. The van der Waals surface area contributed by atoms with Crippen molar-refractivity contribution < 1.29 is 13.2 Å². The molecule has 1 aliphatic carbocycles. The summed E-state index contributed by atoms with van der Waals surface area (Å²) in [7, 11) is -3.72. The van der Waals surface area contributed by atoms with Crippen molar-refractivity contribution in [1.29, 1.82) is 0 Å². The van der Waals surface area contributed by atoms with Gasteiger partial charge in [0, 0.05) is 23.5 Å². The zero-order chi connectivity index (χ0) is 22.2. The molecule has 2 heterocycles. The third-order valence-corrected chi connectivity index (χ3v) is 8.67. The van der Waals surface area contributed by atoms with Crippen LogP contribution in [-0.2, 0) is 22.9 Å². The highest BCUT2D eigenvalue weighted by molar-refractivity contribution is 7.90. The van der Waals surface area contributed by atoms with Crippen molar-refractivity contribution in [3.8, 4) is 0 Å². The quantitative estimate of drug-likeness (QED) is 0.699. The Balaban J connectivity index is 1.47. The standard InChI is InChI=1S/C23H29N3O3S2/c1-23(2,3)16-9-10-19-15(12-16)13-20(30-19)22(27)25-17-6-4-7-18(14-17)31(28,29)26-21-8-5-11-24-21/h4,6-7,13-14,16H,5,8-12H2,1-3H3,(H,24,26)(H,25,27)/t16-/m1/s1. The van der Waals surface area contributed by atoms with Gasteiger partial charge in [-0.25, -0.2) is 8.42 Å². The first-order valence-corrected chi connectivity index (χ1v) is 13.0. The number of amidine groups is 1. The number of aliphatic imine (C=N–C) groups is 1. The Kier molecular flexibility index (Phi) is 5.96. The van der Waals surface area contributed by atoms with Gasteiger partial charge < -0.3 is 5.32 Å². The zero-order valence-electron chi connectivity index (χ0n) is 18.2. The molecule has 2 aromatic rings. The third-order valence-electron chi connectivity index (χ3n) is 6.06. The summed E-state index contributed by atoms with van der Waals surface area (Å²) in [6.45, 7) is 7.48. The molecule has 0 fully saturated rings. The van der Waals surface area contributed by atoms with Gasteiger partial charge in [-0.2, -0.15) is 0 Å². The molecule has 31 heavy (non-hydrogen) atoms. The maximum atomic E-state index is 12.9. The second-order valence-corrected chi connectivity index (χ2v) is 12.2. The van der Waals surface area contributed by atoms with Crippen LogP contribution in [0, 0.1) is 11.3 Å². The molecule has 166 valence electrons. The van der Waals surface area contributed by atoms with E-state index < -0.39 is 10.0 Å². The molecule has 2 N–H and O–H groups in total. The van der Waals surface area contributed by atoms with Crippen molar-refractivity contribution in [3.05, 3.63) is 45.6 Å². The molecular weight excluding hydrogens is 430 g/mol. The maximum Gasteiger partial charge on any atom is 0.265 e. The van der Waals surface area contributed by atoms with E-state index in [9.17, 15) is 13.2 Å². The molecule has 0 bridgehead atoms. The van der Waals surface area contributed by atoms with Gasteiger partial charge in [-0.1, -0.05) is 26.8 Å². The molecular formula is C23H29N3O3S2. The van der Waals surface area contributed by atoms with Crippen molar-refractivity contribution >= 4 is 38.8 Å². The van der Waals surface area contributed by atoms with Crippen LogP contribution in [0.25, 0.3) is 0 Å².